The van der Waals surface area contributed by atoms with Gasteiger partial charge in [-0.05, 0) is 38.0 Å². The Hall–Kier alpha value is -1.89. The number of nitrogens with zero attached hydrogens (tertiary/aromatic N) is 2. The normalized spacial score (nSPS) is 16.0. The van der Waals surface area contributed by atoms with E-state index in [4.69, 9.17) is 4.52 Å². The summed E-state index contributed by atoms with van der Waals surface area (Å²) in [6.07, 6.45) is 3.53. The smallest absolute Gasteiger partial charge is 0.245 e. The van der Waals surface area contributed by atoms with Crippen LogP contribution in [0.3, 0.4) is 0 Å². The fraction of sp³-hybridized carbons (Fsp3) is 0.467. The summed E-state index contributed by atoms with van der Waals surface area (Å²) >= 11 is 0. The van der Waals surface area contributed by atoms with Crippen LogP contribution < -0.4 is 5.32 Å². The minimum Gasteiger partial charge on any atom is -0.376 e. The molecule has 1 aromatic carbocycles. The van der Waals surface area contributed by atoms with Crippen LogP contribution in [0.15, 0.2) is 33.7 Å². The summed E-state index contributed by atoms with van der Waals surface area (Å²) in [6.45, 7) is 2.12. The molecule has 0 radical (unpaired) electrons. The van der Waals surface area contributed by atoms with E-state index < -0.39 is 9.84 Å². The fourth-order valence-electron chi connectivity index (χ4n) is 2.76. The first-order valence-corrected chi connectivity index (χ1v) is 8.97. The molecular weight excluding hydrogens is 302 g/mol. The molecule has 0 bridgehead atoms. The Morgan fingerprint density at radius 1 is 1.32 bits per heavy atom. The van der Waals surface area contributed by atoms with Gasteiger partial charge in [-0.2, -0.15) is 4.98 Å². The molecule has 0 saturated heterocycles. The van der Waals surface area contributed by atoms with Crippen LogP contribution in [0.1, 0.15) is 37.4 Å². The zero-order valence-corrected chi connectivity index (χ0v) is 13.3. The zero-order valence-electron chi connectivity index (χ0n) is 12.4. The third kappa shape index (κ3) is 3.14. The Morgan fingerprint density at radius 2 is 2.09 bits per heavy atom. The summed E-state index contributed by atoms with van der Waals surface area (Å²) in [5.74, 6) is 1.05. The van der Waals surface area contributed by atoms with Crippen molar-refractivity contribution >= 4 is 15.5 Å². The maximum atomic E-state index is 12.6. The highest BCUT2D eigenvalue weighted by Gasteiger charge is 2.30. The van der Waals surface area contributed by atoms with Gasteiger partial charge >= 0.3 is 0 Å². The molecule has 1 aromatic heterocycles. The quantitative estimate of drug-likeness (QED) is 0.911. The van der Waals surface area contributed by atoms with Crippen molar-refractivity contribution in [2.45, 2.75) is 49.3 Å². The Balaban J connectivity index is 1.74. The third-order valence-corrected chi connectivity index (χ3v) is 6.18. The van der Waals surface area contributed by atoms with Gasteiger partial charge in [0.2, 0.25) is 5.89 Å². The summed E-state index contributed by atoms with van der Waals surface area (Å²) in [7, 11) is -3.23. The summed E-state index contributed by atoms with van der Waals surface area (Å²) in [5, 5.41) is 6.60. The van der Waals surface area contributed by atoms with Crippen LogP contribution in [-0.4, -0.2) is 23.8 Å². The lowest BCUT2D eigenvalue weighted by molar-refractivity contribution is 0.379. The molecule has 7 heteroatoms. The third-order valence-electron chi connectivity index (χ3n) is 3.92. The summed E-state index contributed by atoms with van der Waals surface area (Å²) < 4.78 is 30.2. The van der Waals surface area contributed by atoms with Crippen LogP contribution in [0, 0.1) is 6.92 Å². The van der Waals surface area contributed by atoms with Gasteiger partial charge in [0, 0.05) is 5.69 Å². The number of benzene rings is 1. The van der Waals surface area contributed by atoms with Crippen molar-refractivity contribution in [3.63, 3.8) is 0 Å². The predicted octanol–water partition coefficient (Wildman–Crippen LogP) is 2.71. The Bertz CT molecular complexity index is 749. The lowest BCUT2D eigenvalue weighted by Crippen LogP contribution is -2.17. The average molecular weight is 321 g/mol. The van der Waals surface area contributed by atoms with Crippen LogP contribution in [0.2, 0.25) is 0 Å². The highest BCUT2D eigenvalue weighted by atomic mass is 32.2. The maximum Gasteiger partial charge on any atom is 0.245 e. The van der Waals surface area contributed by atoms with E-state index in [9.17, 15) is 8.42 Å². The monoisotopic (exact) mass is 321 g/mol. The van der Waals surface area contributed by atoms with E-state index in [1.807, 2.05) is 6.07 Å². The van der Waals surface area contributed by atoms with E-state index in [-0.39, 0.29) is 5.25 Å². The van der Waals surface area contributed by atoms with Crippen LogP contribution >= 0.6 is 0 Å². The van der Waals surface area contributed by atoms with E-state index >= 15 is 0 Å². The first-order chi connectivity index (χ1) is 10.6. The molecular formula is C15H19N3O3S. The lowest BCUT2D eigenvalue weighted by atomic mass is 10.3. The van der Waals surface area contributed by atoms with Crippen LogP contribution in [0.25, 0.3) is 0 Å². The number of hydrogen-bond donors (Lipinski definition) is 1. The van der Waals surface area contributed by atoms with Gasteiger partial charge in [-0.25, -0.2) is 8.42 Å². The second-order valence-electron chi connectivity index (χ2n) is 5.57. The van der Waals surface area contributed by atoms with E-state index in [2.05, 4.69) is 15.5 Å². The standard InChI is InChI=1S/C15H19N3O3S/c1-11-17-15(21-18-11)10-16-12-5-4-8-14(9-12)22(19,20)13-6-2-3-7-13/h4-5,8-9,13,16H,2-3,6-7,10H2,1H3. The highest BCUT2D eigenvalue weighted by molar-refractivity contribution is 7.92. The van der Waals surface area contributed by atoms with Gasteiger partial charge in [-0.15, -0.1) is 0 Å². The first-order valence-electron chi connectivity index (χ1n) is 7.43. The summed E-state index contributed by atoms with van der Waals surface area (Å²) in [4.78, 5) is 4.48. The maximum absolute atomic E-state index is 12.6. The average Bonchev–Trinajstić information content (AvgIpc) is 3.17. The first kappa shape index (κ1) is 15.0. The van der Waals surface area contributed by atoms with E-state index in [0.717, 1.165) is 31.4 Å². The molecule has 0 spiro atoms. The molecule has 0 atom stereocenters. The van der Waals surface area contributed by atoms with Gasteiger partial charge in [0.25, 0.3) is 0 Å². The van der Waals surface area contributed by atoms with E-state index in [0.29, 0.717) is 23.2 Å². The second-order valence-corrected chi connectivity index (χ2v) is 7.80. The molecule has 0 amide bonds. The minimum atomic E-state index is -3.23. The fourth-order valence-corrected chi connectivity index (χ4v) is 4.66. The van der Waals surface area contributed by atoms with E-state index in [1.54, 1.807) is 25.1 Å². The van der Waals surface area contributed by atoms with Crippen molar-refractivity contribution in [1.29, 1.82) is 0 Å². The topological polar surface area (TPSA) is 85.1 Å². The van der Waals surface area contributed by atoms with Gasteiger partial charge in [0.1, 0.15) is 0 Å². The van der Waals surface area contributed by atoms with Gasteiger partial charge in [-0.3, -0.25) is 0 Å². The van der Waals surface area contributed by atoms with Crippen LogP contribution in [-0.2, 0) is 16.4 Å². The number of sulfone groups is 1. The molecule has 6 nitrogen and oxygen atoms in total. The van der Waals surface area contributed by atoms with Crippen molar-refractivity contribution in [3.8, 4) is 0 Å². The van der Waals surface area contributed by atoms with Gasteiger partial charge in [-0.1, -0.05) is 24.1 Å². The SMILES string of the molecule is Cc1noc(CNc2cccc(S(=O)(=O)C3CCCC3)c2)n1. The molecule has 22 heavy (non-hydrogen) atoms. The molecule has 0 unspecified atom stereocenters. The number of aromatic nitrogens is 2. The summed E-state index contributed by atoms with van der Waals surface area (Å²) in [6, 6.07) is 6.92. The molecule has 118 valence electrons. The van der Waals surface area contributed by atoms with Crippen LogP contribution in [0.4, 0.5) is 5.69 Å². The number of hydrogen-bond acceptors (Lipinski definition) is 6. The van der Waals surface area contributed by atoms with Gasteiger partial charge < -0.3 is 9.84 Å². The largest absolute Gasteiger partial charge is 0.376 e. The van der Waals surface area contributed by atoms with Crippen molar-refractivity contribution in [1.82, 2.24) is 10.1 Å². The molecule has 3 rings (SSSR count). The summed E-state index contributed by atoms with van der Waals surface area (Å²) in [5.41, 5.74) is 0.731. The van der Waals surface area contributed by atoms with Crippen molar-refractivity contribution in [2.24, 2.45) is 0 Å². The van der Waals surface area contributed by atoms with Crippen molar-refractivity contribution < 1.29 is 12.9 Å². The molecule has 1 fully saturated rings. The van der Waals surface area contributed by atoms with Crippen molar-refractivity contribution in [2.75, 3.05) is 5.32 Å². The molecule has 1 heterocycles. The minimum absolute atomic E-state index is 0.235. The molecule has 1 N–H and O–H groups in total. The Labute approximate surface area is 129 Å². The van der Waals surface area contributed by atoms with Crippen molar-refractivity contribution in [3.05, 3.63) is 36.0 Å². The zero-order chi connectivity index (χ0) is 15.6. The molecule has 2 aromatic rings. The number of anilines is 1. The second kappa shape index (κ2) is 6.08. The number of aryl methyl sites for hydroxylation is 1. The van der Waals surface area contributed by atoms with Crippen LogP contribution in [0.5, 0.6) is 0 Å². The highest BCUT2D eigenvalue weighted by Crippen LogP contribution is 2.30. The van der Waals surface area contributed by atoms with Gasteiger partial charge in [0.05, 0.1) is 16.7 Å². The molecule has 1 saturated carbocycles. The lowest BCUT2D eigenvalue weighted by Gasteiger charge is -2.12. The Morgan fingerprint density at radius 3 is 2.77 bits per heavy atom. The predicted molar refractivity (Wildman–Crippen MR) is 82.2 cm³/mol. The molecule has 1 aliphatic carbocycles. The van der Waals surface area contributed by atoms with E-state index in [1.165, 1.54) is 0 Å². The number of rotatable bonds is 5. The number of nitrogens with one attached hydrogen (secondary N) is 1. The van der Waals surface area contributed by atoms with Gasteiger partial charge in [0.15, 0.2) is 15.7 Å². The Kier molecular flexibility index (Phi) is 4.15. The molecule has 0 aliphatic heterocycles. The molecule has 1 aliphatic rings.